The van der Waals surface area contributed by atoms with Gasteiger partial charge in [0.25, 0.3) is 5.89 Å². The molecule has 0 spiro atoms. The number of anilines is 1. The predicted molar refractivity (Wildman–Crippen MR) is 78.0 cm³/mol. The third kappa shape index (κ3) is 4.09. The number of nitrogens with zero attached hydrogens (tertiary/aromatic N) is 2. The van der Waals surface area contributed by atoms with Gasteiger partial charge in [-0.2, -0.15) is 0 Å². The fraction of sp³-hybridized carbons (Fsp3) is 0.273. The summed E-state index contributed by atoms with van der Waals surface area (Å²) in [6.07, 6.45) is 1.15. The zero-order valence-corrected chi connectivity index (χ0v) is 12.8. The van der Waals surface area contributed by atoms with Crippen molar-refractivity contribution in [3.8, 4) is 11.5 Å². The van der Waals surface area contributed by atoms with Crippen LogP contribution in [0.15, 0.2) is 22.6 Å². The van der Waals surface area contributed by atoms with Gasteiger partial charge in [-0.25, -0.2) is 8.42 Å². The van der Waals surface area contributed by atoms with Gasteiger partial charge in [0.2, 0.25) is 0 Å². The smallest absolute Gasteiger partial charge is 0.315 e. The Hall–Kier alpha value is -1.31. The summed E-state index contributed by atoms with van der Waals surface area (Å²) in [4.78, 5) is 0. The summed E-state index contributed by atoms with van der Waals surface area (Å²) in [5.74, 6) is 0.209. The molecule has 0 amide bonds. The minimum Gasteiger partial charge on any atom is -0.403 e. The summed E-state index contributed by atoms with van der Waals surface area (Å²) in [5.41, 5.74) is 0.555. The molecule has 2 rings (SSSR count). The molecule has 0 aliphatic carbocycles. The second-order valence-electron chi connectivity index (χ2n) is 4.09. The molecule has 1 aromatic carbocycles. The molecule has 108 valence electrons. The summed E-state index contributed by atoms with van der Waals surface area (Å²) >= 11 is 11.8. The van der Waals surface area contributed by atoms with Gasteiger partial charge >= 0.3 is 6.01 Å². The predicted octanol–water partition coefficient (Wildman–Crippen LogP) is 2.50. The number of hydrogen-bond donors (Lipinski definition) is 1. The van der Waals surface area contributed by atoms with Crippen molar-refractivity contribution in [2.75, 3.05) is 23.9 Å². The van der Waals surface area contributed by atoms with Gasteiger partial charge in [-0.05, 0) is 18.2 Å². The molecule has 9 heteroatoms. The summed E-state index contributed by atoms with van der Waals surface area (Å²) in [6, 6.07) is 5.02. The number of halogens is 2. The number of benzene rings is 1. The molecule has 0 atom stereocenters. The van der Waals surface area contributed by atoms with Crippen LogP contribution >= 0.6 is 23.2 Å². The fourth-order valence-corrected chi connectivity index (χ4v) is 2.37. The number of sulfone groups is 1. The van der Waals surface area contributed by atoms with Crippen LogP contribution in [0.1, 0.15) is 0 Å². The zero-order chi connectivity index (χ0) is 14.8. The molecule has 1 N–H and O–H groups in total. The van der Waals surface area contributed by atoms with E-state index in [0.717, 1.165) is 6.26 Å². The Kier molecular flexibility index (Phi) is 4.52. The van der Waals surface area contributed by atoms with Gasteiger partial charge in [-0.3, -0.25) is 0 Å². The molecule has 0 saturated carbocycles. The summed E-state index contributed by atoms with van der Waals surface area (Å²) in [6.45, 7) is 0.189. The maximum atomic E-state index is 11.0. The standard InChI is InChI=1S/C11H11Cl2N3O3S/c1-20(17,18)5-4-14-11-16-15-10(19-11)8-3-2-7(12)6-9(8)13/h2-3,6H,4-5H2,1H3,(H,14,16). The van der Waals surface area contributed by atoms with E-state index in [1.807, 2.05) is 0 Å². The molecule has 6 nitrogen and oxygen atoms in total. The van der Waals surface area contributed by atoms with Crippen molar-refractivity contribution in [1.82, 2.24) is 10.2 Å². The number of hydrogen-bond acceptors (Lipinski definition) is 6. The highest BCUT2D eigenvalue weighted by molar-refractivity contribution is 7.90. The zero-order valence-electron chi connectivity index (χ0n) is 10.4. The van der Waals surface area contributed by atoms with Crippen LogP contribution in [0.3, 0.4) is 0 Å². The number of rotatable bonds is 5. The Morgan fingerprint density at radius 3 is 2.70 bits per heavy atom. The van der Waals surface area contributed by atoms with E-state index in [9.17, 15) is 8.42 Å². The number of aromatic nitrogens is 2. The van der Waals surface area contributed by atoms with E-state index in [-0.39, 0.29) is 24.2 Å². The van der Waals surface area contributed by atoms with E-state index in [4.69, 9.17) is 27.6 Å². The van der Waals surface area contributed by atoms with Crippen molar-refractivity contribution in [2.24, 2.45) is 0 Å². The lowest BCUT2D eigenvalue weighted by molar-refractivity contribution is 0.581. The van der Waals surface area contributed by atoms with Crippen molar-refractivity contribution in [3.63, 3.8) is 0 Å². The first-order chi connectivity index (χ1) is 9.35. The maximum absolute atomic E-state index is 11.0. The van der Waals surface area contributed by atoms with Gasteiger partial charge < -0.3 is 9.73 Å². The van der Waals surface area contributed by atoms with E-state index < -0.39 is 9.84 Å². The largest absolute Gasteiger partial charge is 0.403 e. The summed E-state index contributed by atoms with van der Waals surface area (Å²) in [7, 11) is -3.04. The first kappa shape index (κ1) is 15.1. The molecule has 0 aliphatic heterocycles. The minimum atomic E-state index is -3.04. The minimum absolute atomic E-state index is 0.0214. The van der Waals surface area contributed by atoms with Crippen LogP contribution in [0.5, 0.6) is 0 Å². The summed E-state index contributed by atoms with van der Waals surface area (Å²) in [5, 5.41) is 11.2. The Morgan fingerprint density at radius 1 is 1.30 bits per heavy atom. The highest BCUT2D eigenvalue weighted by atomic mass is 35.5. The van der Waals surface area contributed by atoms with Gasteiger partial charge in [0.15, 0.2) is 0 Å². The molecule has 20 heavy (non-hydrogen) atoms. The van der Waals surface area contributed by atoms with E-state index >= 15 is 0 Å². The third-order valence-corrected chi connectivity index (χ3v) is 3.83. The molecule has 1 heterocycles. The van der Waals surface area contributed by atoms with Crippen molar-refractivity contribution < 1.29 is 12.8 Å². The van der Waals surface area contributed by atoms with Gasteiger partial charge in [0.05, 0.1) is 16.3 Å². The lowest BCUT2D eigenvalue weighted by atomic mass is 10.2. The van der Waals surface area contributed by atoms with E-state index in [2.05, 4.69) is 15.5 Å². The molecule has 0 saturated heterocycles. The van der Waals surface area contributed by atoms with Crippen LogP contribution in [0, 0.1) is 0 Å². The lowest BCUT2D eigenvalue weighted by Gasteiger charge is -2.00. The van der Waals surface area contributed by atoms with Crippen molar-refractivity contribution >= 4 is 39.1 Å². The highest BCUT2D eigenvalue weighted by Crippen LogP contribution is 2.29. The highest BCUT2D eigenvalue weighted by Gasteiger charge is 2.12. The third-order valence-electron chi connectivity index (χ3n) is 2.34. The van der Waals surface area contributed by atoms with E-state index in [1.54, 1.807) is 18.2 Å². The second-order valence-corrected chi connectivity index (χ2v) is 7.20. The lowest BCUT2D eigenvalue weighted by Crippen LogP contribution is -2.14. The Balaban J connectivity index is 2.09. The van der Waals surface area contributed by atoms with Gasteiger partial charge in [-0.15, -0.1) is 5.10 Å². The van der Waals surface area contributed by atoms with Crippen molar-refractivity contribution in [2.45, 2.75) is 0 Å². The monoisotopic (exact) mass is 335 g/mol. The van der Waals surface area contributed by atoms with Crippen molar-refractivity contribution in [1.29, 1.82) is 0 Å². The Morgan fingerprint density at radius 2 is 2.05 bits per heavy atom. The molecule has 0 aliphatic rings. The molecule has 0 fully saturated rings. The van der Waals surface area contributed by atoms with Crippen LogP contribution in [-0.2, 0) is 9.84 Å². The molecular weight excluding hydrogens is 325 g/mol. The van der Waals surface area contributed by atoms with Crippen molar-refractivity contribution in [3.05, 3.63) is 28.2 Å². The van der Waals surface area contributed by atoms with Crippen LogP contribution in [-0.4, -0.2) is 37.2 Å². The normalized spacial score (nSPS) is 11.6. The van der Waals surface area contributed by atoms with Crippen LogP contribution in [0.2, 0.25) is 10.0 Å². The van der Waals surface area contributed by atoms with E-state index in [1.165, 1.54) is 0 Å². The second kappa shape index (κ2) is 5.99. The molecular formula is C11H11Cl2N3O3S. The molecule has 0 bridgehead atoms. The first-order valence-corrected chi connectivity index (χ1v) is 8.37. The van der Waals surface area contributed by atoms with Crippen LogP contribution in [0.25, 0.3) is 11.5 Å². The van der Waals surface area contributed by atoms with Crippen LogP contribution < -0.4 is 5.32 Å². The van der Waals surface area contributed by atoms with Crippen LogP contribution in [0.4, 0.5) is 6.01 Å². The van der Waals surface area contributed by atoms with Gasteiger partial charge in [-0.1, -0.05) is 28.3 Å². The SMILES string of the molecule is CS(=O)(=O)CCNc1nnc(-c2ccc(Cl)cc2Cl)o1. The summed E-state index contributed by atoms with van der Waals surface area (Å²) < 4.78 is 27.3. The van der Waals surface area contributed by atoms with Gasteiger partial charge in [0, 0.05) is 17.8 Å². The fourth-order valence-electron chi connectivity index (χ4n) is 1.41. The maximum Gasteiger partial charge on any atom is 0.315 e. The van der Waals surface area contributed by atoms with Gasteiger partial charge in [0.1, 0.15) is 9.84 Å². The molecule has 0 unspecified atom stereocenters. The quantitative estimate of drug-likeness (QED) is 0.903. The molecule has 2 aromatic rings. The Bertz CT molecular complexity index is 715. The average Bonchev–Trinajstić information content (AvgIpc) is 2.75. The first-order valence-electron chi connectivity index (χ1n) is 5.56. The average molecular weight is 336 g/mol. The Labute approximate surface area is 126 Å². The van der Waals surface area contributed by atoms with E-state index in [0.29, 0.717) is 15.6 Å². The topological polar surface area (TPSA) is 85.1 Å². The number of nitrogens with one attached hydrogen (secondary N) is 1. The molecule has 0 radical (unpaired) electrons. The molecule has 1 aromatic heterocycles.